The van der Waals surface area contributed by atoms with Crippen LogP contribution < -0.4 is 10.6 Å². The Morgan fingerprint density at radius 2 is 1.68 bits per heavy atom. The lowest BCUT2D eigenvalue weighted by atomic mass is 10.3. The minimum atomic E-state index is -1.02. The number of rotatable bonds is 20. The normalized spacial score (nSPS) is 12.5. The van der Waals surface area contributed by atoms with Gasteiger partial charge in [0.25, 0.3) is 0 Å². The van der Waals surface area contributed by atoms with Crippen molar-refractivity contribution >= 4 is 35.5 Å². The summed E-state index contributed by atoms with van der Waals surface area (Å²) in [4.78, 5) is 48.0. The van der Waals surface area contributed by atoms with Crippen molar-refractivity contribution in [2.45, 2.75) is 59.4 Å². The van der Waals surface area contributed by atoms with Crippen molar-refractivity contribution in [3.05, 3.63) is 0 Å². The number of esters is 1. The number of hydrogen-bond acceptors (Lipinski definition) is 9. The van der Waals surface area contributed by atoms with Crippen molar-refractivity contribution in [2.24, 2.45) is 0 Å². The molecule has 0 bridgehead atoms. The molecule has 11 nitrogen and oxygen atoms in total. The van der Waals surface area contributed by atoms with Gasteiger partial charge < -0.3 is 34.9 Å². The molecule has 3 amide bonds. The lowest BCUT2D eigenvalue weighted by Gasteiger charge is -2.22. The van der Waals surface area contributed by atoms with Crippen molar-refractivity contribution in [1.29, 1.82) is 0 Å². The number of hydrogen-bond donors (Lipinski definition) is 3. The number of ether oxygens (including phenoxy) is 3. The van der Waals surface area contributed by atoms with Crippen LogP contribution in [0.4, 0.5) is 0 Å². The number of carbonyl (C=O) groups is 4. The molecule has 0 heterocycles. The molecule has 12 heteroatoms. The minimum absolute atomic E-state index is 0.0293. The van der Waals surface area contributed by atoms with Crippen LogP contribution in [0, 0.1) is 0 Å². The van der Waals surface area contributed by atoms with Crippen LogP contribution in [-0.4, -0.2) is 104 Å². The molecule has 0 aliphatic carbocycles. The first-order valence-electron chi connectivity index (χ1n) is 11.6. The topological polar surface area (TPSA) is 144 Å². The van der Waals surface area contributed by atoms with E-state index in [1.807, 2.05) is 0 Å². The molecule has 0 saturated carbocycles. The third-order valence-corrected chi connectivity index (χ3v) is 5.36. The van der Waals surface area contributed by atoms with Gasteiger partial charge in [-0.1, -0.05) is 13.8 Å². The highest BCUT2D eigenvalue weighted by molar-refractivity contribution is 7.99. The molecule has 0 rings (SSSR count). The molecule has 3 N–H and O–H groups in total. The van der Waals surface area contributed by atoms with Gasteiger partial charge in [-0.3, -0.25) is 19.2 Å². The first kappa shape index (κ1) is 32.1. The molecule has 2 unspecified atom stereocenters. The van der Waals surface area contributed by atoms with Crippen molar-refractivity contribution < 1.29 is 38.5 Å². The van der Waals surface area contributed by atoms with E-state index < -0.39 is 18.4 Å². The van der Waals surface area contributed by atoms with Crippen LogP contribution in [0.25, 0.3) is 0 Å². The third kappa shape index (κ3) is 18.5. The molecule has 34 heavy (non-hydrogen) atoms. The van der Waals surface area contributed by atoms with E-state index in [2.05, 4.69) is 10.6 Å². The lowest BCUT2D eigenvalue weighted by molar-refractivity contribution is -0.169. The van der Waals surface area contributed by atoms with Gasteiger partial charge in [-0.15, -0.1) is 0 Å². The van der Waals surface area contributed by atoms with Gasteiger partial charge in [-0.25, -0.2) is 0 Å². The largest absolute Gasteiger partial charge is 0.463 e. The molecule has 0 aliphatic heterocycles. The maximum Gasteiger partial charge on any atom is 0.302 e. The van der Waals surface area contributed by atoms with Gasteiger partial charge >= 0.3 is 5.97 Å². The predicted octanol–water partition coefficient (Wildman–Crippen LogP) is 0.294. The fourth-order valence-corrected chi connectivity index (χ4v) is 3.55. The Labute approximate surface area is 206 Å². The molecule has 198 valence electrons. The second kappa shape index (κ2) is 20.5. The van der Waals surface area contributed by atoms with Gasteiger partial charge in [0.15, 0.2) is 6.29 Å². The second-order valence-electron chi connectivity index (χ2n) is 7.39. The van der Waals surface area contributed by atoms with Crippen LogP contribution in [0.1, 0.15) is 47.0 Å². The summed E-state index contributed by atoms with van der Waals surface area (Å²) < 4.78 is 15.5. The molecule has 0 saturated heterocycles. The van der Waals surface area contributed by atoms with Crippen molar-refractivity contribution in [1.82, 2.24) is 15.5 Å². The SMILES string of the molecule is CCC(=O)NCCN(CCSCCC(=O)NCCOCC(COC(C)=O)OC(C)O)C(=O)CC. The first-order valence-corrected chi connectivity index (χ1v) is 12.8. The lowest BCUT2D eigenvalue weighted by Crippen LogP contribution is -2.39. The number of thioether (sulfide) groups is 1. The van der Waals surface area contributed by atoms with Gasteiger partial charge in [0.2, 0.25) is 17.7 Å². The summed E-state index contributed by atoms with van der Waals surface area (Å²) >= 11 is 1.59. The molecule has 0 aromatic carbocycles. The highest BCUT2D eigenvalue weighted by Crippen LogP contribution is 2.05. The van der Waals surface area contributed by atoms with Crippen LogP contribution >= 0.6 is 11.8 Å². The highest BCUT2D eigenvalue weighted by atomic mass is 32.2. The quantitative estimate of drug-likeness (QED) is 0.120. The Morgan fingerprint density at radius 3 is 2.29 bits per heavy atom. The summed E-state index contributed by atoms with van der Waals surface area (Å²) in [6, 6.07) is 0. The van der Waals surface area contributed by atoms with Crippen molar-refractivity contribution in [3.63, 3.8) is 0 Å². The summed E-state index contributed by atoms with van der Waals surface area (Å²) in [6.45, 7) is 8.45. The summed E-state index contributed by atoms with van der Waals surface area (Å²) in [5, 5.41) is 14.8. The van der Waals surface area contributed by atoms with Crippen LogP contribution in [0.5, 0.6) is 0 Å². The molecule has 2 atom stereocenters. The minimum Gasteiger partial charge on any atom is -0.463 e. The number of amides is 3. The Bertz CT molecular complexity index is 607. The third-order valence-electron chi connectivity index (χ3n) is 4.39. The molecule has 0 radical (unpaired) electrons. The fourth-order valence-electron chi connectivity index (χ4n) is 2.66. The zero-order valence-corrected chi connectivity index (χ0v) is 21.6. The van der Waals surface area contributed by atoms with E-state index in [9.17, 15) is 24.3 Å². The molecular weight excluding hydrogens is 466 g/mol. The van der Waals surface area contributed by atoms with Crippen molar-refractivity contribution in [3.8, 4) is 0 Å². The molecule has 0 fully saturated rings. The van der Waals surface area contributed by atoms with Gasteiger partial charge in [0, 0.05) is 63.9 Å². The smallest absolute Gasteiger partial charge is 0.302 e. The number of nitrogens with zero attached hydrogens (tertiary/aromatic N) is 1. The maximum absolute atomic E-state index is 12.0. The summed E-state index contributed by atoms with van der Waals surface area (Å²) in [7, 11) is 0. The Morgan fingerprint density at radius 1 is 0.971 bits per heavy atom. The average molecular weight is 508 g/mol. The van der Waals surface area contributed by atoms with E-state index in [1.165, 1.54) is 13.8 Å². The van der Waals surface area contributed by atoms with Crippen LogP contribution in [0.2, 0.25) is 0 Å². The monoisotopic (exact) mass is 507 g/mol. The maximum atomic E-state index is 12.0. The standard InChI is InChI=1S/C22H41N3O8S/c1-5-20(28)23-8-10-25(22(30)6-2)11-14-34-13-7-21(29)24-9-12-31-15-19(33-18(4)27)16-32-17(3)26/h18-19,27H,5-16H2,1-4H3,(H,23,28)(H,24,29). The second-order valence-corrected chi connectivity index (χ2v) is 8.61. The van der Waals surface area contributed by atoms with E-state index in [-0.39, 0.29) is 37.5 Å². The van der Waals surface area contributed by atoms with Gasteiger partial charge in [-0.2, -0.15) is 11.8 Å². The molecule has 0 aromatic rings. The van der Waals surface area contributed by atoms with Gasteiger partial charge in [-0.05, 0) is 6.92 Å². The summed E-state index contributed by atoms with van der Waals surface area (Å²) in [6.07, 6.45) is -0.445. The van der Waals surface area contributed by atoms with E-state index in [0.717, 1.165) is 0 Å². The Kier molecular flexibility index (Phi) is 19.3. The van der Waals surface area contributed by atoms with Crippen LogP contribution in [0.15, 0.2) is 0 Å². The zero-order valence-electron chi connectivity index (χ0n) is 20.8. The van der Waals surface area contributed by atoms with Crippen molar-refractivity contribution in [2.75, 3.05) is 57.5 Å². The zero-order chi connectivity index (χ0) is 25.8. The molecule has 0 aromatic heterocycles. The van der Waals surface area contributed by atoms with Crippen LogP contribution in [0.3, 0.4) is 0 Å². The summed E-state index contributed by atoms with van der Waals surface area (Å²) in [5.74, 6) is 0.783. The van der Waals surface area contributed by atoms with E-state index >= 15 is 0 Å². The number of carbonyl (C=O) groups excluding carboxylic acids is 4. The highest BCUT2D eigenvalue weighted by Gasteiger charge is 2.14. The van der Waals surface area contributed by atoms with E-state index in [0.29, 0.717) is 56.9 Å². The molecular formula is C22H41N3O8S. The Balaban J connectivity index is 3.96. The van der Waals surface area contributed by atoms with Crippen LogP contribution in [-0.2, 0) is 33.4 Å². The van der Waals surface area contributed by atoms with E-state index in [4.69, 9.17) is 14.2 Å². The summed E-state index contributed by atoms with van der Waals surface area (Å²) in [5.41, 5.74) is 0. The fraction of sp³-hybridized carbons (Fsp3) is 0.818. The molecule has 0 aliphatic rings. The van der Waals surface area contributed by atoms with Gasteiger partial charge in [0.1, 0.15) is 12.7 Å². The Hall–Kier alpha value is -1.89. The van der Waals surface area contributed by atoms with Gasteiger partial charge in [0.05, 0.1) is 13.2 Å². The molecule has 0 spiro atoms. The predicted molar refractivity (Wildman–Crippen MR) is 129 cm³/mol. The number of aliphatic hydroxyl groups is 1. The first-order chi connectivity index (χ1) is 16.2. The number of aliphatic hydroxyl groups excluding tert-OH is 1. The van der Waals surface area contributed by atoms with E-state index in [1.54, 1.807) is 30.5 Å². The average Bonchev–Trinajstić information content (AvgIpc) is 2.79. The number of nitrogens with one attached hydrogen (secondary N) is 2.